The van der Waals surface area contributed by atoms with Crippen LogP contribution < -0.4 is 5.32 Å². The van der Waals surface area contributed by atoms with Crippen LogP contribution in [0.3, 0.4) is 0 Å². The third-order valence-electron chi connectivity index (χ3n) is 3.89. The molecule has 0 amide bonds. The first-order valence-electron chi connectivity index (χ1n) is 8.31. The molecule has 5 heteroatoms. The highest BCUT2D eigenvalue weighted by Gasteiger charge is 2.24. The van der Waals surface area contributed by atoms with E-state index in [2.05, 4.69) is 5.32 Å². The summed E-state index contributed by atoms with van der Waals surface area (Å²) in [4.78, 5) is 23.2. The molecule has 1 unspecified atom stereocenters. The Morgan fingerprint density at radius 1 is 1.04 bits per heavy atom. The highest BCUT2D eigenvalue weighted by molar-refractivity contribution is 5.78. The van der Waals surface area contributed by atoms with E-state index in [1.54, 1.807) is 13.8 Å². The lowest BCUT2D eigenvalue weighted by atomic mass is 10.0. The van der Waals surface area contributed by atoms with E-state index in [9.17, 15) is 14.7 Å². The summed E-state index contributed by atoms with van der Waals surface area (Å²) in [7, 11) is 0. The molecule has 0 aliphatic heterocycles. The number of hydrogen-bond donors (Lipinski definition) is 2. The van der Waals surface area contributed by atoms with Gasteiger partial charge in [-0.2, -0.15) is 0 Å². The number of nitrogens with one attached hydrogen (secondary N) is 1. The molecule has 2 aromatic rings. The maximum atomic E-state index is 11.7. The Kier molecular flexibility index (Phi) is 6.71. The minimum Gasteiger partial charge on any atom is -0.480 e. The smallest absolute Gasteiger partial charge is 0.322 e. The second-order valence-corrected chi connectivity index (χ2v) is 5.80. The van der Waals surface area contributed by atoms with Gasteiger partial charge in [0.1, 0.15) is 12.1 Å². The molecule has 0 spiro atoms. The van der Waals surface area contributed by atoms with E-state index in [4.69, 9.17) is 4.74 Å². The van der Waals surface area contributed by atoms with Gasteiger partial charge in [0.15, 0.2) is 0 Å². The summed E-state index contributed by atoms with van der Waals surface area (Å²) in [5, 5.41) is 12.2. The highest BCUT2D eigenvalue weighted by atomic mass is 16.5. The van der Waals surface area contributed by atoms with Crippen molar-refractivity contribution in [2.24, 2.45) is 0 Å². The SMILES string of the molecule is CCOC(=O)[C@H](C)NC(Cc1ccc(-c2ccccc2)cc1)C(=O)O. The van der Waals surface area contributed by atoms with Gasteiger partial charge in [0, 0.05) is 0 Å². The molecule has 2 N–H and O–H groups in total. The minimum atomic E-state index is -0.997. The van der Waals surface area contributed by atoms with Crippen molar-refractivity contribution in [2.75, 3.05) is 6.61 Å². The van der Waals surface area contributed by atoms with Crippen LogP contribution in [0.5, 0.6) is 0 Å². The van der Waals surface area contributed by atoms with E-state index in [0.717, 1.165) is 16.7 Å². The molecular formula is C20H23NO4. The monoisotopic (exact) mass is 341 g/mol. The number of esters is 1. The summed E-state index contributed by atoms with van der Waals surface area (Å²) in [5.74, 6) is -1.45. The molecule has 25 heavy (non-hydrogen) atoms. The van der Waals surface area contributed by atoms with E-state index in [1.807, 2.05) is 54.6 Å². The number of rotatable bonds is 8. The fourth-order valence-electron chi connectivity index (χ4n) is 2.55. The van der Waals surface area contributed by atoms with Crippen LogP contribution in [0.15, 0.2) is 54.6 Å². The van der Waals surface area contributed by atoms with E-state index < -0.39 is 24.0 Å². The second-order valence-electron chi connectivity index (χ2n) is 5.80. The van der Waals surface area contributed by atoms with Crippen LogP contribution in [0.2, 0.25) is 0 Å². The lowest BCUT2D eigenvalue weighted by Gasteiger charge is -2.19. The molecular weight excluding hydrogens is 318 g/mol. The maximum Gasteiger partial charge on any atom is 0.322 e. The van der Waals surface area contributed by atoms with Gasteiger partial charge in [-0.15, -0.1) is 0 Å². The van der Waals surface area contributed by atoms with Crippen molar-refractivity contribution in [1.29, 1.82) is 0 Å². The molecule has 0 fully saturated rings. The molecule has 5 nitrogen and oxygen atoms in total. The molecule has 2 atom stereocenters. The van der Waals surface area contributed by atoms with Crippen LogP contribution in [-0.2, 0) is 20.7 Å². The van der Waals surface area contributed by atoms with Crippen molar-refractivity contribution in [2.45, 2.75) is 32.4 Å². The molecule has 0 bridgehead atoms. The topological polar surface area (TPSA) is 75.6 Å². The van der Waals surface area contributed by atoms with Gasteiger partial charge in [-0.05, 0) is 37.0 Å². The summed E-state index contributed by atoms with van der Waals surface area (Å²) >= 11 is 0. The standard InChI is InChI=1S/C20H23NO4/c1-3-25-20(24)14(2)21-18(19(22)23)13-15-9-11-17(12-10-15)16-7-5-4-6-8-16/h4-12,14,18,21H,3,13H2,1-2H3,(H,22,23)/t14-,18?/m0/s1. The van der Waals surface area contributed by atoms with Gasteiger partial charge in [-0.1, -0.05) is 54.6 Å². The minimum absolute atomic E-state index is 0.267. The lowest BCUT2D eigenvalue weighted by Crippen LogP contribution is -2.47. The van der Waals surface area contributed by atoms with Gasteiger partial charge in [0.05, 0.1) is 6.61 Å². The number of carbonyl (C=O) groups is 2. The zero-order valence-electron chi connectivity index (χ0n) is 14.4. The van der Waals surface area contributed by atoms with Crippen LogP contribution in [0.25, 0.3) is 11.1 Å². The molecule has 0 radical (unpaired) electrons. The van der Waals surface area contributed by atoms with Crippen molar-refractivity contribution in [3.05, 3.63) is 60.2 Å². The number of ether oxygens (including phenoxy) is 1. The predicted molar refractivity (Wildman–Crippen MR) is 96.2 cm³/mol. The lowest BCUT2D eigenvalue weighted by molar-refractivity contribution is -0.146. The second kappa shape index (κ2) is 8.99. The molecule has 2 rings (SSSR count). The first-order chi connectivity index (χ1) is 12.0. The van der Waals surface area contributed by atoms with Gasteiger partial charge >= 0.3 is 11.9 Å². The van der Waals surface area contributed by atoms with E-state index >= 15 is 0 Å². The third-order valence-corrected chi connectivity index (χ3v) is 3.89. The van der Waals surface area contributed by atoms with Gasteiger partial charge in [0.2, 0.25) is 0 Å². The molecule has 132 valence electrons. The summed E-state index contributed by atoms with van der Waals surface area (Å²) < 4.78 is 4.90. The van der Waals surface area contributed by atoms with Crippen LogP contribution in [0.1, 0.15) is 19.4 Å². The maximum absolute atomic E-state index is 11.7. The Morgan fingerprint density at radius 2 is 1.64 bits per heavy atom. The number of aliphatic carboxylic acids is 1. The Bertz CT molecular complexity index is 697. The average molecular weight is 341 g/mol. The Balaban J connectivity index is 2.04. The van der Waals surface area contributed by atoms with Crippen molar-refractivity contribution < 1.29 is 19.4 Å². The molecule has 0 saturated heterocycles. The molecule has 0 aliphatic rings. The zero-order valence-corrected chi connectivity index (χ0v) is 14.4. The van der Waals surface area contributed by atoms with Gasteiger partial charge in [-0.3, -0.25) is 14.9 Å². The van der Waals surface area contributed by atoms with E-state index in [1.165, 1.54) is 0 Å². The largest absolute Gasteiger partial charge is 0.480 e. The predicted octanol–water partition coefficient (Wildman–Crippen LogP) is 2.89. The highest BCUT2D eigenvalue weighted by Crippen LogP contribution is 2.19. The summed E-state index contributed by atoms with van der Waals surface area (Å²) in [6.45, 7) is 3.59. The number of carbonyl (C=O) groups excluding carboxylic acids is 1. The third kappa shape index (κ3) is 5.43. The fraction of sp³-hybridized carbons (Fsp3) is 0.300. The van der Waals surface area contributed by atoms with Crippen molar-refractivity contribution in [1.82, 2.24) is 5.32 Å². The molecule has 0 aliphatic carbocycles. The molecule has 2 aromatic carbocycles. The van der Waals surface area contributed by atoms with Gasteiger partial charge in [-0.25, -0.2) is 0 Å². The number of carboxylic acids is 1. The van der Waals surface area contributed by atoms with Crippen LogP contribution >= 0.6 is 0 Å². The van der Waals surface area contributed by atoms with E-state index in [0.29, 0.717) is 0 Å². The first-order valence-corrected chi connectivity index (χ1v) is 8.31. The molecule has 0 aromatic heterocycles. The number of benzene rings is 2. The van der Waals surface area contributed by atoms with Crippen molar-refractivity contribution in [3.8, 4) is 11.1 Å². The Labute approximate surface area is 147 Å². The summed E-state index contributed by atoms with van der Waals surface area (Å²) in [6, 6.07) is 16.2. The Hall–Kier alpha value is -2.66. The Morgan fingerprint density at radius 3 is 2.20 bits per heavy atom. The van der Waals surface area contributed by atoms with Crippen molar-refractivity contribution in [3.63, 3.8) is 0 Å². The van der Waals surface area contributed by atoms with E-state index in [-0.39, 0.29) is 13.0 Å². The van der Waals surface area contributed by atoms with Crippen molar-refractivity contribution >= 4 is 11.9 Å². The van der Waals surface area contributed by atoms with Crippen LogP contribution in [0.4, 0.5) is 0 Å². The van der Waals surface area contributed by atoms with Crippen LogP contribution in [-0.4, -0.2) is 35.7 Å². The number of carboxylic acid groups (broad SMARTS) is 1. The summed E-state index contributed by atoms with van der Waals surface area (Å²) in [5.41, 5.74) is 3.07. The average Bonchev–Trinajstić information content (AvgIpc) is 2.62. The fourth-order valence-corrected chi connectivity index (χ4v) is 2.55. The van der Waals surface area contributed by atoms with Gasteiger partial charge < -0.3 is 9.84 Å². The molecule has 0 saturated carbocycles. The molecule has 0 heterocycles. The zero-order chi connectivity index (χ0) is 18.2. The van der Waals surface area contributed by atoms with Crippen LogP contribution in [0, 0.1) is 0 Å². The normalized spacial score (nSPS) is 13.0. The quantitative estimate of drug-likeness (QED) is 0.722. The number of hydrogen-bond acceptors (Lipinski definition) is 4. The van der Waals surface area contributed by atoms with Gasteiger partial charge in [0.25, 0.3) is 0 Å². The first kappa shape index (κ1) is 18.7. The summed E-state index contributed by atoms with van der Waals surface area (Å²) in [6.07, 6.45) is 0.286.